The smallest absolute Gasteiger partial charge is 0.204 e. The van der Waals surface area contributed by atoms with Crippen LogP contribution in [0, 0.1) is 0 Å². The van der Waals surface area contributed by atoms with Crippen LogP contribution < -0.4 is 5.32 Å². The zero-order valence-corrected chi connectivity index (χ0v) is 10.1. The molecule has 1 saturated heterocycles. The van der Waals surface area contributed by atoms with E-state index in [9.17, 15) is 4.79 Å². The first-order chi connectivity index (χ1) is 8.36. The lowest BCUT2D eigenvalue weighted by molar-refractivity contribution is 0.0732. The highest BCUT2D eigenvalue weighted by Gasteiger charge is 2.12. The van der Waals surface area contributed by atoms with Gasteiger partial charge < -0.3 is 15.0 Å². The van der Waals surface area contributed by atoms with Gasteiger partial charge in [-0.2, -0.15) is 0 Å². The van der Waals surface area contributed by atoms with Gasteiger partial charge in [0.15, 0.2) is 0 Å². The summed E-state index contributed by atoms with van der Waals surface area (Å²) in [5.74, 6) is 0.0200. The normalized spacial score (nSPS) is 20.4. The summed E-state index contributed by atoms with van der Waals surface area (Å²) in [7, 11) is 0. The van der Waals surface area contributed by atoms with Crippen molar-refractivity contribution in [3.8, 4) is 0 Å². The van der Waals surface area contributed by atoms with E-state index in [4.69, 9.17) is 4.74 Å². The minimum atomic E-state index is 0.0200. The highest BCUT2D eigenvalue weighted by Crippen LogP contribution is 2.09. The van der Waals surface area contributed by atoms with Crippen LogP contribution in [0.5, 0.6) is 0 Å². The van der Waals surface area contributed by atoms with E-state index in [1.807, 2.05) is 6.07 Å². The first-order valence-electron chi connectivity index (χ1n) is 6.34. The van der Waals surface area contributed by atoms with Crippen LogP contribution in [0.15, 0.2) is 18.3 Å². The van der Waals surface area contributed by atoms with Crippen molar-refractivity contribution in [2.24, 2.45) is 0 Å². The average Bonchev–Trinajstić information content (AvgIpc) is 2.89. The van der Waals surface area contributed by atoms with Crippen molar-refractivity contribution in [3.63, 3.8) is 0 Å². The molecule has 0 spiro atoms. The summed E-state index contributed by atoms with van der Waals surface area (Å²) in [4.78, 5) is 14.5. The molecule has 0 radical (unpaired) electrons. The van der Waals surface area contributed by atoms with E-state index in [0.29, 0.717) is 18.3 Å². The molecule has 4 nitrogen and oxygen atoms in total. The molecule has 1 fully saturated rings. The van der Waals surface area contributed by atoms with Gasteiger partial charge in [0.05, 0.1) is 5.69 Å². The summed E-state index contributed by atoms with van der Waals surface area (Å²) in [6.45, 7) is 1.95. The van der Waals surface area contributed by atoms with Crippen LogP contribution in [-0.2, 0) is 4.74 Å². The van der Waals surface area contributed by atoms with Gasteiger partial charge in [0.2, 0.25) is 5.78 Å². The van der Waals surface area contributed by atoms with E-state index in [0.717, 1.165) is 13.0 Å². The molecular weight excluding hydrogens is 216 g/mol. The molecule has 1 aromatic rings. The van der Waals surface area contributed by atoms with Crippen LogP contribution in [0.1, 0.15) is 36.2 Å². The number of ether oxygens (including phenoxy) is 1. The average molecular weight is 236 g/mol. The number of hydrogen-bond acceptors (Lipinski definition) is 3. The van der Waals surface area contributed by atoms with Crippen molar-refractivity contribution in [2.75, 3.05) is 19.8 Å². The molecule has 2 rings (SSSR count). The van der Waals surface area contributed by atoms with Crippen LogP contribution in [0.3, 0.4) is 0 Å². The largest absolute Gasteiger partial charge is 0.373 e. The Morgan fingerprint density at radius 2 is 2.41 bits per heavy atom. The molecular formula is C13H20N2O2. The summed E-state index contributed by atoms with van der Waals surface area (Å²) in [5, 5.41) is 3.46. The molecule has 0 aliphatic carbocycles. The predicted octanol–water partition coefficient (Wildman–Crippen LogP) is 1.75. The fourth-order valence-electron chi connectivity index (χ4n) is 2.14. The maximum atomic E-state index is 11.6. The van der Waals surface area contributed by atoms with Gasteiger partial charge in [0.25, 0.3) is 0 Å². The van der Waals surface area contributed by atoms with Crippen molar-refractivity contribution >= 4 is 5.78 Å². The second kappa shape index (κ2) is 6.57. The highest BCUT2D eigenvalue weighted by molar-refractivity contribution is 5.95. The molecule has 94 valence electrons. The van der Waals surface area contributed by atoms with Gasteiger partial charge >= 0.3 is 0 Å². The quantitative estimate of drug-likeness (QED) is 0.584. The number of H-pyrrole nitrogens is 1. The number of nitrogens with one attached hydrogen (secondary N) is 2. The Labute approximate surface area is 102 Å². The molecule has 0 saturated carbocycles. The SMILES string of the molecule is O=C(COCCC1CCCCN1)c1ccc[nH]1. The summed E-state index contributed by atoms with van der Waals surface area (Å²) in [5.41, 5.74) is 0.626. The lowest BCUT2D eigenvalue weighted by Crippen LogP contribution is -2.34. The Bertz CT molecular complexity index is 329. The maximum absolute atomic E-state index is 11.6. The summed E-state index contributed by atoms with van der Waals surface area (Å²) < 4.78 is 5.41. The number of rotatable bonds is 6. The standard InChI is InChI=1S/C13H20N2O2/c16-13(12-5-3-8-15-12)10-17-9-6-11-4-1-2-7-14-11/h3,5,8,11,14-15H,1-2,4,6-7,9-10H2. The molecule has 0 aromatic carbocycles. The third-order valence-electron chi connectivity index (χ3n) is 3.15. The van der Waals surface area contributed by atoms with Crippen LogP contribution in [0.2, 0.25) is 0 Å². The Morgan fingerprint density at radius 1 is 1.47 bits per heavy atom. The van der Waals surface area contributed by atoms with Crippen LogP contribution >= 0.6 is 0 Å². The summed E-state index contributed by atoms with van der Waals surface area (Å²) >= 11 is 0. The molecule has 2 heterocycles. The van der Waals surface area contributed by atoms with Crippen molar-refractivity contribution in [3.05, 3.63) is 24.0 Å². The first kappa shape index (κ1) is 12.3. The van der Waals surface area contributed by atoms with Gasteiger partial charge in [-0.15, -0.1) is 0 Å². The topological polar surface area (TPSA) is 54.1 Å². The van der Waals surface area contributed by atoms with Crippen molar-refractivity contribution < 1.29 is 9.53 Å². The fourth-order valence-corrected chi connectivity index (χ4v) is 2.14. The molecule has 1 atom stereocenters. The van der Waals surface area contributed by atoms with Crippen LogP contribution in [0.25, 0.3) is 0 Å². The highest BCUT2D eigenvalue weighted by atomic mass is 16.5. The molecule has 1 aromatic heterocycles. The molecule has 1 aliphatic heterocycles. The van der Waals surface area contributed by atoms with Gasteiger partial charge in [0, 0.05) is 18.8 Å². The zero-order chi connectivity index (χ0) is 11.9. The Morgan fingerprint density at radius 3 is 3.12 bits per heavy atom. The zero-order valence-electron chi connectivity index (χ0n) is 10.1. The van der Waals surface area contributed by atoms with E-state index < -0.39 is 0 Å². The first-order valence-corrected chi connectivity index (χ1v) is 6.34. The molecule has 1 unspecified atom stereocenters. The number of ketones is 1. The second-order valence-corrected chi connectivity index (χ2v) is 4.50. The van der Waals surface area contributed by atoms with E-state index in [1.54, 1.807) is 12.3 Å². The number of aromatic nitrogens is 1. The van der Waals surface area contributed by atoms with E-state index >= 15 is 0 Å². The summed E-state index contributed by atoms with van der Waals surface area (Å²) in [6, 6.07) is 4.16. The monoisotopic (exact) mass is 236 g/mol. The molecule has 17 heavy (non-hydrogen) atoms. The number of aromatic amines is 1. The van der Waals surface area contributed by atoms with Gasteiger partial charge in [-0.1, -0.05) is 6.42 Å². The van der Waals surface area contributed by atoms with Crippen molar-refractivity contribution in [1.29, 1.82) is 0 Å². The third kappa shape index (κ3) is 3.98. The number of hydrogen-bond donors (Lipinski definition) is 2. The maximum Gasteiger partial charge on any atom is 0.204 e. The molecule has 1 aliphatic rings. The Hall–Kier alpha value is -1.13. The summed E-state index contributed by atoms with van der Waals surface area (Å²) in [6.07, 6.45) is 6.56. The second-order valence-electron chi connectivity index (χ2n) is 4.50. The number of piperidine rings is 1. The molecule has 0 amide bonds. The van der Waals surface area contributed by atoms with Gasteiger partial charge in [-0.05, 0) is 37.9 Å². The Kier molecular flexibility index (Phi) is 4.76. The molecule has 0 bridgehead atoms. The number of carbonyl (C=O) groups excluding carboxylic acids is 1. The molecule has 2 N–H and O–H groups in total. The van der Waals surface area contributed by atoms with Crippen LogP contribution in [-0.4, -0.2) is 36.6 Å². The lowest BCUT2D eigenvalue weighted by Gasteiger charge is -2.23. The predicted molar refractivity (Wildman–Crippen MR) is 66.2 cm³/mol. The van der Waals surface area contributed by atoms with Gasteiger partial charge in [-0.3, -0.25) is 4.79 Å². The van der Waals surface area contributed by atoms with E-state index in [2.05, 4.69) is 10.3 Å². The minimum absolute atomic E-state index is 0.0200. The Balaban J connectivity index is 1.58. The third-order valence-corrected chi connectivity index (χ3v) is 3.15. The van der Waals surface area contributed by atoms with Crippen LogP contribution in [0.4, 0.5) is 0 Å². The van der Waals surface area contributed by atoms with Crippen molar-refractivity contribution in [1.82, 2.24) is 10.3 Å². The van der Waals surface area contributed by atoms with E-state index in [-0.39, 0.29) is 12.4 Å². The van der Waals surface area contributed by atoms with E-state index in [1.165, 1.54) is 19.3 Å². The fraction of sp³-hybridized carbons (Fsp3) is 0.615. The minimum Gasteiger partial charge on any atom is -0.373 e. The molecule has 4 heteroatoms. The van der Waals surface area contributed by atoms with Gasteiger partial charge in [-0.25, -0.2) is 0 Å². The van der Waals surface area contributed by atoms with Crippen molar-refractivity contribution in [2.45, 2.75) is 31.7 Å². The lowest BCUT2D eigenvalue weighted by atomic mass is 10.0. The van der Waals surface area contributed by atoms with Gasteiger partial charge in [0.1, 0.15) is 6.61 Å². The number of carbonyl (C=O) groups is 1. The number of Topliss-reactive ketones (excluding diaryl/α,β-unsaturated/α-hetero) is 1.